The second-order valence-electron chi connectivity index (χ2n) is 4.67. The molecule has 0 saturated carbocycles. The number of carbonyl (C=O) groups is 2. The Balaban J connectivity index is 2.26. The van der Waals surface area contributed by atoms with Gasteiger partial charge in [0.25, 0.3) is 0 Å². The van der Waals surface area contributed by atoms with Crippen LogP contribution >= 0.6 is 0 Å². The Labute approximate surface area is 89.1 Å². The lowest BCUT2D eigenvalue weighted by Gasteiger charge is -2.22. The van der Waals surface area contributed by atoms with Gasteiger partial charge in [-0.05, 0) is 13.8 Å². The van der Waals surface area contributed by atoms with Crippen LogP contribution in [0.2, 0.25) is 0 Å². The quantitative estimate of drug-likeness (QED) is 0.335. The summed E-state index contributed by atoms with van der Waals surface area (Å²) in [7, 11) is -1.22. The van der Waals surface area contributed by atoms with Gasteiger partial charge in [-0.25, -0.2) is 0 Å². The molecule has 0 spiro atoms. The smallest absolute Gasteiger partial charge is 0.319 e. The lowest BCUT2D eigenvalue weighted by atomic mass is 9.73. The molecule has 2 bridgehead atoms. The minimum atomic E-state index is -1.22. The molecule has 3 aliphatic rings. The third kappa shape index (κ3) is 0.748. The molecule has 3 unspecified atom stereocenters. The number of esters is 2. The third-order valence-electron chi connectivity index (χ3n) is 3.82. The summed E-state index contributed by atoms with van der Waals surface area (Å²) in [6.07, 6.45) is 3.59. The van der Waals surface area contributed by atoms with Crippen molar-refractivity contribution < 1.29 is 18.5 Å². The number of cyclic esters (lactones) is 2. The fourth-order valence-corrected chi connectivity index (χ4v) is 5.25. The molecule has 0 amide bonds. The normalized spacial score (nSPS) is 56.0. The van der Waals surface area contributed by atoms with Crippen LogP contribution in [0.5, 0.6) is 0 Å². The fourth-order valence-electron chi connectivity index (χ4n) is 2.99. The molecule has 0 radical (unpaired) electrons. The van der Waals surface area contributed by atoms with E-state index < -0.39 is 44.1 Å². The minimum Gasteiger partial charge on any atom is -0.393 e. The zero-order valence-electron chi connectivity index (χ0n) is 8.35. The van der Waals surface area contributed by atoms with Crippen LogP contribution in [0.3, 0.4) is 0 Å². The highest BCUT2D eigenvalue weighted by Gasteiger charge is 2.73. The van der Waals surface area contributed by atoms with Crippen molar-refractivity contribution in [2.75, 3.05) is 0 Å². The number of ether oxygens (including phenoxy) is 1. The van der Waals surface area contributed by atoms with E-state index in [9.17, 15) is 13.8 Å². The fraction of sp³-hybridized carbons (Fsp3) is 0.600. The van der Waals surface area contributed by atoms with Crippen molar-refractivity contribution >= 4 is 22.7 Å². The van der Waals surface area contributed by atoms with Gasteiger partial charge in [-0.3, -0.25) is 13.8 Å². The maximum atomic E-state index is 12.2. The van der Waals surface area contributed by atoms with Crippen LogP contribution < -0.4 is 0 Å². The highest BCUT2D eigenvalue weighted by molar-refractivity contribution is 7.89. The van der Waals surface area contributed by atoms with Gasteiger partial charge in [-0.15, -0.1) is 0 Å². The molecule has 80 valence electrons. The van der Waals surface area contributed by atoms with Crippen molar-refractivity contribution in [3.63, 3.8) is 0 Å². The number of fused-ring (bicyclic) bond motifs is 5. The topological polar surface area (TPSA) is 60.4 Å². The highest BCUT2D eigenvalue weighted by Crippen LogP contribution is 2.58. The lowest BCUT2D eigenvalue weighted by molar-refractivity contribution is -0.154. The summed E-state index contributed by atoms with van der Waals surface area (Å²) in [6, 6.07) is 0. The summed E-state index contributed by atoms with van der Waals surface area (Å²) in [5.41, 5.74) is 0. The number of hydrogen-bond donors (Lipinski definition) is 0. The van der Waals surface area contributed by atoms with Gasteiger partial charge in [0.2, 0.25) is 0 Å². The maximum Gasteiger partial charge on any atom is 0.319 e. The molecule has 0 aromatic carbocycles. The number of hydrogen-bond acceptors (Lipinski definition) is 4. The van der Waals surface area contributed by atoms with Crippen LogP contribution in [-0.2, 0) is 25.1 Å². The Bertz CT molecular complexity index is 416. The highest BCUT2D eigenvalue weighted by atomic mass is 32.2. The van der Waals surface area contributed by atoms with Crippen LogP contribution in [0.1, 0.15) is 13.8 Å². The van der Waals surface area contributed by atoms with E-state index in [0.717, 1.165) is 0 Å². The molecule has 3 rings (SSSR count). The van der Waals surface area contributed by atoms with E-state index in [1.165, 1.54) is 0 Å². The van der Waals surface area contributed by atoms with Crippen LogP contribution in [0.4, 0.5) is 0 Å². The summed E-state index contributed by atoms with van der Waals surface area (Å²) in [5, 5.41) is 0. The van der Waals surface area contributed by atoms with E-state index in [1.807, 2.05) is 0 Å². The summed E-state index contributed by atoms with van der Waals surface area (Å²) in [4.78, 5) is 23.1. The Morgan fingerprint density at radius 3 is 1.93 bits per heavy atom. The van der Waals surface area contributed by atoms with E-state index in [-0.39, 0.29) is 0 Å². The average Bonchev–Trinajstić information content (AvgIpc) is 2.64. The predicted octanol–water partition coefficient (Wildman–Crippen LogP) is 0.152. The van der Waals surface area contributed by atoms with E-state index in [2.05, 4.69) is 4.74 Å². The molecule has 2 saturated heterocycles. The third-order valence-corrected chi connectivity index (χ3v) is 6.20. The van der Waals surface area contributed by atoms with Gasteiger partial charge in [0.15, 0.2) is 0 Å². The standard InChI is InChI=1S/C10H10O4S/c1-9-3-4-10(2,15(9)13)6-5(9)7(11)14-8(6)12/h3-6H,1-2H3/t5?,6?,9-,10+,15?. The minimum absolute atomic E-state index is 0.520. The van der Waals surface area contributed by atoms with E-state index in [1.54, 1.807) is 26.0 Å². The monoisotopic (exact) mass is 226 g/mol. The van der Waals surface area contributed by atoms with Crippen LogP contribution in [0.25, 0.3) is 0 Å². The van der Waals surface area contributed by atoms with Crippen molar-refractivity contribution in [2.45, 2.75) is 23.3 Å². The van der Waals surface area contributed by atoms with Gasteiger partial charge in [-0.1, -0.05) is 12.2 Å². The van der Waals surface area contributed by atoms with Crippen molar-refractivity contribution in [1.29, 1.82) is 0 Å². The Hall–Kier alpha value is -0.970. The summed E-state index contributed by atoms with van der Waals surface area (Å²) < 4.78 is 15.4. The second kappa shape index (κ2) is 2.24. The van der Waals surface area contributed by atoms with Gasteiger partial charge in [-0.2, -0.15) is 0 Å². The van der Waals surface area contributed by atoms with E-state index in [0.29, 0.717) is 0 Å². The van der Waals surface area contributed by atoms with Crippen LogP contribution in [-0.4, -0.2) is 25.6 Å². The molecule has 3 heterocycles. The molecule has 0 aromatic rings. The number of rotatable bonds is 0. The molecule has 5 heteroatoms. The number of carbonyl (C=O) groups excluding carboxylic acids is 2. The molecule has 0 aliphatic carbocycles. The zero-order chi connectivity index (χ0) is 11.0. The first-order valence-electron chi connectivity index (χ1n) is 4.79. The first-order chi connectivity index (χ1) is 6.91. The molecular formula is C10H10O4S. The van der Waals surface area contributed by atoms with Crippen molar-refractivity contribution in [1.82, 2.24) is 0 Å². The van der Waals surface area contributed by atoms with Crippen molar-refractivity contribution in [3.8, 4) is 0 Å². The largest absolute Gasteiger partial charge is 0.393 e. The molecule has 0 aromatic heterocycles. The summed E-state index contributed by atoms with van der Waals surface area (Å²) in [5.74, 6) is -2.15. The average molecular weight is 226 g/mol. The zero-order valence-corrected chi connectivity index (χ0v) is 9.17. The first-order valence-corrected chi connectivity index (χ1v) is 5.94. The van der Waals surface area contributed by atoms with Crippen molar-refractivity contribution in [3.05, 3.63) is 12.2 Å². The molecule has 2 fully saturated rings. The second-order valence-corrected chi connectivity index (χ2v) is 6.96. The van der Waals surface area contributed by atoms with Gasteiger partial charge in [0.1, 0.15) is 0 Å². The van der Waals surface area contributed by atoms with Gasteiger partial charge >= 0.3 is 11.9 Å². The van der Waals surface area contributed by atoms with Gasteiger partial charge < -0.3 is 4.74 Å². The van der Waals surface area contributed by atoms with Gasteiger partial charge in [0, 0.05) is 10.8 Å². The van der Waals surface area contributed by atoms with Gasteiger partial charge in [0.05, 0.1) is 21.3 Å². The molecular weight excluding hydrogens is 216 g/mol. The predicted molar refractivity (Wildman–Crippen MR) is 52.2 cm³/mol. The molecule has 0 N–H and O–H groups in total. The van der Waals surface area contributed by atoms with E-state index >= 15 is 0 Å². The Morgan fingerprint density at radius 2 is 1.53 bits per heavy atom. The van der Waals surface area contributed by atoms with E-state index in [4.69, 9.17) is 0 Å². The molecule has 15 heavy (non-hydrogen) atoms. The molecule has 4 nitrogen and oxygen atoms in total. The van der Waals surface area contributed by atoms with Crippen molar-refractivity contribution in [2.24, 2.45) is 11.8 Å². The summed E-state index contributed by atoms with van der Waals surface area (Å²) >= 11 is 0. The SMILES string of the molecule is C[C@]12C=C[C@](C)(C3C(=O)OC(=O)C31)S2=O. The molecule has 5 atom stereocenters. The summed E-state index contributed by atoms with van der Waals surface area (Å²) in [6.45, 7) is 3.52. The maximum absolute atomic E-state index is 12.2. The van der Waals surface area contributed by atoms with Crippen LogP contribution in [0.15, 0.2) is 12.2 Å². The molecule has 3 aliphatic heterocycles. The Morgan fingerprint density at radius 1 is 1.13 bits per heavy atom. The first kappa shape index (κ1) is 9.27. The Kier molecular flexibility index (Phi) is 1.38. The van der Waals surface area contributed by atoms with Crippen LogP contribution in [0, 0.1) is 11.8 Å². The lowest BCUT2D eigenvalue weighted by Crippen LogP contribution is -2.36.